The summed E-state index contributed by atoms with van der Waals surface area (Å²) in [5.74, 6) is 0.936. The van der Waals surface area contributed by atoms with Crippen molar-refractivity contribution >= 4 is 27.7 Å². The van der Waals surface area contributed by atoms with Crippen molar-refractivity contribution in [1.29, 1.82) is 0 Å². The van der Waals surface area contributed by atoms with Gasteiger partial charge in [0.2, 0.25) is 22.7 Å². The molecule has 1 N–H and O–H groups in total. The fourth-order valence-electron chi connectivity index (χ4n) is 3.25. The van der Waals surface area contributed by atoms with E-state index in [1.54, 1.807) is 37.3 Å². The van der Waals surface area contributed by atoms with Gasteiger partial charge in [-0.05, 0) is 48.4 Å². The lowest BCUT2D eigenvalue weighted by Crippen LogP contribution is -2.40. The maximum atomic E-state index is 13.0. The van der Waals surface area contributed by atoms with E-state index >= 15 is 0 Å². The van der Waals surface area contributed by atoms with E-state index in [2.05, 4.69) is 5.32 Å². The lowest BCUT2D eigenvalue weighted by Gasteiger charge is -2.26. The number of amides is 1. The number of benzene rings is 2. The molecule has 1 saturated heterocycles. The second-order valence-corrected chi connectivity index (χ2v) is 8.84. The molecule has 0 spiro atoms. The number of anilines is 1. The highest BCUT2D eigenvalue weighted by Crippen LogP contribution is 2.32. The highest BCUT2D eigenvalue weighted by atomic mass is 32.2. The number of nitrogens with zero attached hydrogens (tertiary/aromatic N) is 1. The number of aryl methyl sites for hydroxylation is 1. The van der Waals surface area contributed by atoms with Gasteiger partial charge < -0.3 is 19.5 Å². The standard InChI is InChI=1S/C21H22N2O6S/c1-15-2-5-17(13-20(15)30(25,26)23-8-10-27-11-9-23)22-21(24)7-4-16-3-6-18-19(12-16)29-14-28-18/h2-7,12-13H,8-11,14H2,1H3,(H,22,24)/b7-4+. The Bertz CT molecular complexity index is 1090. The molecule has 0 aliphatic carbocycles. The molecule has 2 aliphatic rings. The first-order valence-corrected chi connectivity index (χ1v) is 10.9. The summed E-state index contributed by atoms with van der Waals surface area (Å²) in [5, 5.41) is 2.72. The Labute approximate surface area is 175 Å². The van der Waals surface area contributed by atoms with Crippen LogP contribution in [0.4, 0.5) is 5.69 Å². The Hall–Kier alpha value is -2.88. The van der Waals surface area contributed by atoms with E-state index in [-0.39, 0.29) is 17.6 Å². The van der Waals surface area contributed by atoms with Gasteiger partial charge in [0, 0.05) is 24.9 Å². The van der Waals surface area contributed by atoms with Crippen LogP contribution in [0, 0.1) is 6.92 Å². The predicted molar refractivity (Wildman–Crippen MR) is 111 cm³/mol. The number of rotatable bonds is 5. The minimum atomic E-state index is -3.65. The minimum absolute atomic E-state index is 0.182. The Balaban J connectivity index is 1.48. The molecule has 2 aromatic carbocycles. The van der Waals surface area contributed by atoms with Gasteiger partial charge >= 0.3 is 0 Å². The maximum absolute atomic E-state index is 13.0. The molecular weight excluding hydrogens is 408 g/mol. The number of ether oxygens (including phenoxy) is 3. The van der Waals surface area contributed by atoms with Crippen molar-refractivity contribution in [3.8, 4) is 11.5 Å². The number of carbonyl (C=O) groups excluding carboxylic acids is 1. The lowest BCUT2D eigenvalue weighted by atomic mass is 10.2. The van der Waals surface area contributed by atoms with Gasteiger partial charge in [-0.25, -0.2) is 8.42 Å². The van der Waals surface area contributed by atoms with E-state index in [0.29, 0.717) is 49.1 Å². The molecule has 8 nitrogen and oxygen atoms in total. The van der Waals surface area contributed by atoms with Crippen molar-refractivity contribution in [3.63, 3.8) is 0 Å². The average molecular weight is 430 g/mol. The van der Waals surface area contributed by atoms with Crippen molar-refractivity contribution in [3.05, 3.63) is 53.6 Å². The quantitative estimate of drug-likeness (QED) is 0.732. The van der Waals surface area contributed by atoms with Crippen LogP contribution in [0.15, 0.2) is 47.4 Å². The molecule has 0 bridgehead atoms. The first-order chi connectivity index (χ1) is 14.4. The predicted octanol–water partition coefficient (Wildman–Crippen LogP) is 2.40. The van der Waals surface area contributed by atoms with Gasteiger partial charge in [0.1, 0.15) is 0 Å². The Kier molecular flexibility index (Phi) is 5.76. The van der Waals surface area contributed by atoms with Gasteiger partial charge in [-0.1, -0.05) is 12.1 Å². The Morgan fingerprint density at radius 2 is 1.83 bits per heavy atom. The number of hydrogen-bond acceptors (Lipinski definition) is 6. The van der Waals surface area contributed by atoms with E-state index in [1.165, 1.54) is 16.4 Å². The first kappa shape index (κ1) is 20.4. The van der Waals surface area contributed by atoms with Crippen LogP contribution in [0.1, 0.15) is 11.1 Å². The second-order valence-electron chi connectivity index (χ2n) is 6.93. The fraction of sp³-hybridized carbons (Fsp3) is 0.286. The zero-order chi connectivity index (χ0) is 21.1. The van der Waals surface area contributed by atoms with Crippen LogP contribution in [0.25, 0.3) is 6.08 Å². The van der Waals surface area contributed by atoms with Gasteiger partial charge in [-0.3, -0.25) is 4.79 Å². The van der Waals surface area contributed by atoms with Crippen LogP contribution in [0.2, 0.25) is 0 Å². The first-order valence-electron chi connectivity index (χ1n) is 9.51. The largest absolute Gasteiger partial charge is 0.454 e. The SMILES string of the molecule is Cc1ccc(NC(=O)/C=C/c2ccc3c(c2)OCO3)cc1S(=O)(=O)N1CCOCC1. The molecular formula is C21H22N2O6S. The average Bonchev–Trinajstić information content (AvgIpc) is 3.22. The molecule has 4 rings (SSSR count). The highest BCUT2D eigenvalue weighted by Gasteiger charge is 2.28. The molecule has 1 fully saturated rings. The number of nitrogens with one attached hydrogen (secondary N) is 1. The summed E-state index contributed by atoms with van der Waals surface area (Å²) in [6.07, 6.45) is 3.03. The molecule has 0 unspecified atom stereocenters. The fourth-order valence-corrected chi connectivity index (χ4v) is 4.91. The molecule has 0 radical (unpaired) electrons. The zero-order valence-corrected chi connectivity index (χ0v) is 17.3. The molecule has 0 saturated carbocycles. The number of morpholine rings is 1. The monoisotopic (exact) mass is 430 g/mol. The van der Waals surface area contributed by atoms with E-state index in [1.807, 2.05) is 6.07 Å². The van der Waals surface area contributed by atoms with Crippen molar-refractivity contribution in [2.75, 3.05) is 38.4 Å². The summed E-state index contributed by atoms with van der Waals surface area (Å²) >= 11 is 0. The van der Waals surface area contributed by atoms with Crippen LogP contribution >= 0.6 is 0 Å². The maximum Gasteiger partial charge on any atom is 0.248 e. The topological polar surface area (TPSA) is 94.2 Å². The number of carbonyl (C=O) groups is 1. The van der Waals surface area contributed by atoms with Crippen LogP contribution in [-0.2, 0) is 19.6 Å². The van der Waals surface area contributed by atoms with Crippen LogP contribution in [-0.4, -0.2) is 51.7 Å². The zero-order valence-electron chi connectivity index (χ0n) is 16.5. The van der Waals surface area contributed by atoms with E-state index in [9.17, 15) is 13.2 Å². The summed E-state index contributed by atoms with van der Waals surface area (Å²) in [7, 11) is -3.65. The van der Waals surface area contributed by atoms with Gasteiger partial charge in [0.05, 0.1) is 18.1 Å². The molecule has 158 valence electrons. The summed E-state index contributed by atoms with van der Waals surface area (Å²) in [4.78, 5) is 12.5. The van der Waals surface area contributed by atoms with E-state index in [4.69, 9.17) is 14.2 Å². The molecule has 2 heterocycles. The molecule has 30 heavy (non-hydrogen) atoms. The summed E-state index contributed by atoms with van der Waals surface area (Å²) in [5.41, 5.74) is 1.82. The number of hydrogen-bond donors (Lipinski definition) is 1. The van der Waals surface area contributed by atoms with E-state index in [0.717, 1.165) is 5.56 Å². The van der Waals surface area contributed by atoms with Crippen molar-refractivity contribution in [2.45, 2.75) is 11.8 Å². The lowest BCUT2D eigenvalue weighted by molar-refractivity contribution is -0.111. The summed E-state index contributed by atoms with van der Waals surface area (Å²) in [6.45, 7) is 3.30. The van der Waals surface area contributed by atoms with Crippen molar-refractivity contribution in [2.24, 2.45) is 0 Å². The molecule has 0 atom stereocenters. The molecule has 2 aromatic rings. The van der Waals surface area contributed by atoms with Crippen molar-refractivity contribution < 1.29 is 27.4 Å². The van der Waals surface area contributed by atoms with Crippen LogP contribution in [0.3, 0.4) is 0 Å². The highest BCUT2D eigenvalue weighted by molar-refractivity contribution is 7.89. The minimum Gasteiger partial charge on any atom is -0.454 e. The molecule has 2 aliphatic heterocycles. The normalized spacial score (nSPS) is 16.7. The Morgan fingerprint density at radius 3 is 2.63 bits per heavy atom. The van der Waals surface area contributed by atoms with E-state index < -0.39 is 10.0 Å². The number of fused-ring (bicyclic) bond motifs is 1. The van der Waals surface area contributed by atoms with Crippen molar-refractivity contribution in [1.82, 2.24) is 4.31 Å². The Morgan fingerprint density at radius 1 is 1.07 bits per heavy atom. The molecule has 9 heteroatoms. The van der Waals surface area contributed by atoms with Gasteiger partial charge in [-0.15, -0.1) is 0 Å². The van der Waals surface area contributed by atoms with Crippen LogP contribution in [0.5, 0.6) is 11.5 Å². The number of sulfonamides is 1. The third kappa shape index (κ3) is 4.33. The summed E-state index contributed by atoms with van der Waals surface area (Å²) in [6, 6.07) is 10.2. The third-order valence-electron chi connectivity index (χ3n) is 4.87. The van der Waals surface area contributed by atoms with Crippen LogP contribution < -0.4 is 14.8 Å². The molecule has 0 aromatic heterocycles. The second kappa shape index (κ2) is 8.47. The van der Waals surface area contributed by atoms with Gasteiger partial charge in [0.15, 0.2) is 11.5 Å². The third-order valence-corrected chi connectivity index (χ3v) is 6.91. The van der Waals surface area contributed by atoms with Gasteiger partial charge in [-0.2, -0.15) is 4.31 Å². The van der Waals surface area contributed by atoms with Gasteiger partial charge in [0.25, 0.3) is 0 Å². The summed E-state index contributed by atoms with van der Waals surface area (Å²) < 4.78 is 43.2. The molecule has 1 amide bonds. The smallest absolute Gasteiger partial charge is 0.248 e.